The minimum absolute atomic E-state index is 0.298. The van der Waals surface area contributed by atoms with E-state index in [1.165, 1.54) is 6.07 Å². The van der Waals surface area contributed by atoms with Crippen molar-refractivity contribution in [1.82, 2.24) is 5.32 Å². The fourth-order valence-electron chi connectivity index (χ4n) is 2.89. The summed E-state index contributed by atoms with van der Waals surface area (Å²) < 4.78 is 50.2. The van der Waals surface area contributed by atoms with Crippen LogP contribution in [0.4, 0.5) is 13.2 Å². The lowest BCUT2D eigenvalue weighted by molar-refractivity contribution is -0.170. The molecule has 1 aliphatic heterocycles. The zero-order valence-electron chi connectivity index (χ0n) is 14.7. The van der Waals surface area contributed by atoms with Gasteiger partial charge in [0, 0.05) is 0 Å². The van der Waals surface area contributed by atoms with Gasteiger partial charge in [0.1, 0.15) is 12.2 Å². The standard InChI is InChI=1S/C18H24F3NO3/c1-16(2,3)25-15(23)12-24-17(7-9-22-10-8-17)13-5-4-6-14(11-13)18(19,20)21/h4-6,11,22H,7-10,12H2,1-3H3. The molecule has 0 radical (unpaired) electrons. The van der Waals surface area contributed by atoms with Gasteiger partial charge in [0.25, 0.3) is 0 Å². The van der Waals surface area contributed by atoms with Crippen molar-refractivity contribution >= 4 is 5.97 Å². The van der Waals surface area contributed by atoms with Gasteiger partial charge in [-0.05, 0) is 64.4 Å². The topological polar surface area (TPSA) is 47.6 Å². The van der Waals surface area contributed by atoms with Crippen LogP contribution in [0.15, 0.2) is 24.3 Å². The third-order valence-corrected chi connectivity index (χ3v) is 4.01. The highest BCUT2D eigenvalue weighted by molar-refractivity contribution is 5.71. The Morgan fingerprint density at radius 1 is 1.20 bits per heavy atom. The fraction of sp³-hybridized carbons (Fsp3) is 0.611. The van der Waals surface area contributed by atoms with Crippen LogP contribution >= 0.6 is 0 Å². The van der Waals surface area contributed by atoms with Gasteiger partial charge in [-0.25, -0.2) is 4.79 Å². The first kappa shape index (κ1) is 19.7. The number of carbonyl (C=O) groups excluding carboxylic acids is 1. The van der Waals surface area contributed by atoms with E-state index in [0.717, 1.165) is 12.1 Å². The number of ether oxygens (including phenoxy) is 2. The summed E-state index contributed by atoms with van der Waals surface area (Å²) in [5.41, 5.74) is -1.85. The van der Waals surface area contributed by atoms with E-state index in [9.17, 15) is 18.0 Å². The van der Waals surface area contributed by atoms with Crippen LogP contribution in [0.2, 0.25) is 0 Å². The lowest BCUT2D eigenvalue weighted by atomic mass is 9.84. The van der Waals surface area contributed by atoms with Crippen LogP contribution in [0.5, 0.6) is 0 Å². The van der Waals surface area contributed by atoms with Crippen LogP contribution in [-0.2, 0) is 26.0 Å². The summed E-state index contributed by atoms with van der Waals surface area (Å²) in [5, 5.41) is 3.16. The predicted octanol–water partition coefficient (Wildman–Crippen LogP) is 3.64. The maximum atomic E-state index is 13.0. The van der Waals surface area contributed by atoms with Crippen molar-refractivity contribution in [3.63, 3.8) is 0 Å². The molecule has 1 aromatic carbocycles. The monoisotopic (exact) mass is 359 g/mol. The molecule has 1 heterocycles. The molecule has 1 aliphatic rings. The molecular formula is C18H24F3NO3. The van der Waals surface area contributed by atoms with Gasteiger partial charge in [-0.15, -0.1) is 0 Å². The number of alkyl halides is 3. The molecule has 140 valence electrons. The summed E-state index contributed by atoms with van der Waals surface area (Å²) in [5.74, 6) is -0.530. The first-order valence-electron chi connectivity index (χ1n) is 8.26. The first-order chi connectivity index (χ1) is 11.5. The minimum Gasteiger partial charge on any atom is -0.458 e. The molecule has 1 saturated heterocycles. The van der Waals surface area contributed by atoms with Crippen molar-refractivity contribution < 1.29 is 27.4 Å². The molecule has 25 heavy (non-hydrogen) atoms. The fourth-order valence-corrected chi connectivity index (χ4v) is 2.89. The van der Waals surface area contributed by atoms with Gasteiger partial charge in [0.05, 0.1) is 11.2 Å². The van der Waals surface area contributed by atoms with Crippen molar-refractivity contribution in [2.45, 2.75) is 51.0 Å². The molecule has 0 spiro atoms. The number of piperidine rings is 1. The Morgan fingerprint density at radius 2 is 1.84 bits per heavy atom. The number of halogens is 3. The zero-order chi connectivity index (χ0) is 18.7. The van der Waals surface area contributed by atoms with Gasteiger partial charge in [-0.2, -0.15) is 13.2 Å². The molecule has 0 bridgehead atoms. The second-order valence-electron chi connectivity index (χ2n) is 7.20. The van der Waals surface area contributed by atoms with Crippen LogP contribution in [0.1, 0.15) is 44.7 Å². The molecule has 0 atom stereocenters. The van der Waals surface area contributed by atoms with E-state index in [4.69, 9.17) is 9.47 Å². The van der Waals surface area contributed by atoms with E-state index < -0.39 is 28.9 Å². The van der Waals surface area contributed by atoms with Crippen molar-refractivity contribution in [3.05, 3.63) is 35.4 Å². The van der Waals surface area contributed by atoms with Crippen LogP contribution in [0.25, 0.3) is 0 Å². The molecule has 0 aliphatic carbocycles. The second kappa shape index (κ2) is 7.33. The summed E-state index contributed by atoms with van der Waals surface area (Å²) in [7, 11) is 0. The number of benzene rings is 1. The number of nitrogens with one attached hydrogen (secondary N) is 1. The van der Waals surface area contributed by atoms with Gasteiger partial charge < -0.3 is 14.8 Å². The van der Waals surface area contributed by atoms with E-state index >= 15 is 0 Å². The number of rotatable bonds is 4. The number of carbonyl (C=O) groups is 1. The Balaban J connectivity index is 2.22. The van der Waals surface area contributed by atoms with Crippen molar-refractivity contribution in [2.24, 2.45) is 0 Å². The lowest BCUT2D eigenvalue weighted by Gasteiger charge is -2.38. The SMILES string of the molecule is CC(C)(C)OC(=O)COC1(c2cccc(C(F)(F)F)c2)CCNCC1. The highest BCUT2D eigenvalue weighted by Gasteiger charge is 2.38. The van der Waals surface area contributed by atoms with E-state index in [-0.39, 0.29) is 6.61 Å². The van der Waals surface area contributed by atoms with Gasteiger partial charge in [0.2, 0.25) is 0 Å². The Labute approximate surface area is 145 Å². The summed E-state index contributed by atoms with van der Waals surface area (Å²) >= 11 is 0. The third-order valence-electron chi connectivity index (χ3n) is 4.01. The smallest absolute Gasteiger partial charge is 0.416 e. The number of hydrogen-bond donors (Lipinski definition) is 1. The Hall–Kier alpha value is -1.60. The molecule has 0 aromatic heterocycles. The summed E-state index contributed by atoms with van der Waals surface area (Å²) in [6, 6.07) is 5.14. The molecule has 1 fully saturated rings. The van der Waals surface area contributed by atoms with E-state index in [1.807, 2.05) is 0 Å². The minimum atomic E-state index is -4.42. The van der Waals surface area contributed by atoms with E-state index in [2.05, 4.69) is 5.32 Å². The molecule has 4 nitrogen and oxygen atoms in total. The molecular weight excluding hydrogens is 335 g/mol. The maximum Gasteiger partial charge on any atom is 0.416 e. The molecule has 2 rings (SSSR count). The van der Waals surface area contributed by atoms with Gasteiger partial charge in [0.15, 0.2) is 0 Å². The van der Waals surface area contributed by atoms with Gasteiger partial charge >= 0.3 is 12.1 Å². The normalized spacial score (nSPS) is 18.0. The van der Waals surface area contributed by atoms with Crippen LogP contribution in [-0.4, -0.2) is 31.3 Å². The summed E-state index contributed by atoms with van der Waals surface area (Å²) in [6.45, 7) is 6.15. The summed E-state index contributed by atoms with van der Waals surface area (Å²) in [6.07, 6.45) is -3.45. The largest absolute Gasteiger partial charge is 0.458 e. The van der Waals surface area contributed by atoms with E-state index in [0.29, 0.717) is 31.5 Å². The first-order valence-corrected chi connectivity index (χ1v) is 8.26. The molecule has 0 amide bonds. The van der Waals surface area contributed by atoms with Gasteiger partial charge in [-0.1, -0.05) is 12.1 Å². The molecule has 0 unspecified atom stereocenters. The Bertz CT molecular complexity index is 602. The molecule has 7 heteroatoms. The quantitative estimate of drug-likeness (QED) is 0.834. The number of esters is 1. The van der Waals surface area contributed by atoms with Crippen LogP contribution < -0.4 is 5.32 Å². The third kappa shape index (κ3) is 5.44. The van der Waals surface area contributed by atoms with Crippen molar-refractivity contribution in [1.29, 1.82) is 0 Å². The molecule has 0 saturated carbocycles. The molecule has 1 aromatic rings. The zero-order valence-corrected chi connectivity index (χ0v) is 14.7. The van der Waals surface area contributed by atoms with E-state index in [1.54, 1.807) is 26.8 Å². The number of hydrogen-bond acceptors (Lipinski definition) is 4. The average Bonchev–Trinajstić information content (AvgIpc) is 2.52. The second-order valence-corrected chi connectivity index (χ2v) is 7.20. The van der Waals surface area contributed by atoms with Crippen LogP contribution in [0.3, 0.4) is 0 Å². The van der Waals surface area contributed by atoms with Gasteiger partial charge in [-0.3, -0.25) is 0 Å². The highest BCUT2D eigenvalue weighted by atomic mass is 19.4. The summed E-state index contributed by atoms with van der Waals surface area (Å²) in [4.78, 5) is 12.0. The van der Waals surface area contributed by atoms with Crippen molar-refractivity contribution in [3.8, 4) is 0 Å². The maximum absolute atomic E-state index is 13.0. The Morgan fingerprint density at radius 3 is 2.40 bits per heavy atom. The van der Waals surface area contributed by atoms with Crippen molar-refractivity contribution in [2.75, 3.05) is 19.7 Å². The molecule has 1 N–H and O–H groups in total. The highest BCUT2D eigenvalue weighted by Crippen LogP contribution is 2.38. The predicted molar refractivity (Wildman–Crippen MR) is 87.0 cm³/mol. The lowest BCUT2D eigenvalue weighted by Crippen LogP contribution is -2.43. The van der Waals surface area contributed by atoms with Crippen LogP contribution in [0, 0.1) is 0 Å². The average molecular weight is 359 g/mol. The Kier molecular flexibility index (Phi) is 5.79.